The number of hydrogen-bond acceptors (Lipinski definition) is 5. The number of methoxy groups -OCH3 is 1. The number of rotatable bonds is 5. The average molecular weight is 438 g/mol. The minimum absolute atomic E-state index is 0.0864. The van der Waals surface area contributed by atoms with Gasteiger partial charge in [0, 0.05) is 28.4 Å². The molecule has 1 aliphatic heterocycles. The summed E-state index contributed by atoms with van der Waals surface area (Å²) in [4.78, 5) is 13.1. The minimum Gasteiger partial charge on any atom is -0.496 e. The second-order valence-corrected chi connectivity index (χ2v) is 9.03. The number of carbonyl (C=O) groups excluding carboxylic acids is 1. The van der Waals surface area contributed by atoms with E-state index in [2.05, 4.69) is 32.2 Å². The topological polar surface area (TPSA) is 47.6 Å². The number of thiophene rings is 1. The highest BCUT2D eigenvalue weighted by atomic mass is 32.1. The number of anilines is 1. The first-order chi connectivity index (χ1) is 14.8. The third-order valence-corrected chi connectivity index (χ3v) is 6.12. The van der Waals surface area contributed by atoms with E-state index in [0.29, 0.717) is 10.6 Å². The first kappa shape index (κ1) is 21.1. The second kappa shape index (κ2) is 8.19. The van der Waals surface area contributed by atoms with Crippen LogP contribution in [0.5, 0.6) is 5.75 Å². The molecule has 2 heterocycles. The van der Waals surface area contributed by atoms with Crippen molar-refractivity contribution in [2.24, 2.45) is 0 Å². The molecule has 0 radical (unpaired) electrons. The van der Waals surface area contributed by atoms with Gasteiger partial charge in [-0.05, 0) is 61.6 Å². The normalized spacial score (nSPS) is 14.3. The van der Waals surface area contributed by atoms with Crippen LogP contribution in [0.25, 0.3) is 16.7 Å². The summed E-state index contributed by atoms with van der Waals surface area (Å²) in [6.45, 7) is 6.35. The van der Waals surface area contributed by atoms with Crippen molar-refractivity contribution in [2.45, 2.75) is 32.9 Å². The molecule has 0 spiro atoms. The van der Waals surface area contributed by atoms with Gasteiger partial charge < -0.3 is 14.8 Å². The molecule has 4 nitrogen and oxygen atoms in total. The Morgan fingerprint density at radius 3 is 2.65 bits per heavy atom. The molecule has 0 atom stereocenters. The lowest BCUT2D eigenvalue weighted by atomic mass is 9.85. The molecular formula is C25H24FNO3S. The van der Waals surface area contributed by atoms with Crippen molar-refractivity contribution in [2.75, 3.05) is 12.4 Å². The zero-order valence-electron chi connectivity index (χ0n) is 17.9. The molecule has 0 amide bonds. The summed E-state index contributed by atoms with van der Waals surface area (Å²) in [6.07, 6.45) is 2.16. The Morgan fingerprint density at radius 2 is 1.94 bits per heavy atom. The molecule has 0 saturated carbocycles. The van der Waals surface area contributed by atoms with E-state index in [-0.39, 0.29) is 23.9 Å². The fraction of sp³-hybridized carbons (Fsp3) is 0.240. The Hall–Kier alpha value is -3.12. The van der Waals surface area contributed by atoms with Gasteiger partial charge in [0.2, 0.25) is 0 Å². The maximum Gasteiger partial charge on any atom is 0.348 e. The number of allylic oxidation sites excluding steroid dienone is 1. The van der Waals surface area contributed by atoms with E-state index < -0.39 is 0 Å². The minimum atomic E-state index is -0.372. The smallest absolute Gasteiger partial charge is 0.348 e. The zero-order chi connectivity index (χ0) is 22.2. The molecular weight excluding hydrogens is 413 g/mol. The van der Waals surface area contributed by atoms with Gasteiger partial charge in [0.05, 0.1) is 12.6 Å². The van der Waals surface area contributed by atoms with E-state index in [1.165, 1.54) is 30.6 Å². The van der Waals surface area contributed by atoms with Gasteiger partial charge in [0.1, 0.15) is 23.1 Å². The monoisotopic (exact) mass is 437 g/mol. The molecule has 2 aromatic carbocycles. The first-order valence-corrected chi connectivity index (χ1v) is 10.9. The molecule has 1 aromatic heterocycles. The predicted molar refractivity (Wildman–Crippen MR) is 123 cm³/mol. The third-order valence-electron chi connectivity index (χ3n) is 5.27. The van der Waals surface area contributed by atoms with Gasteiger partial charge in [-0.15, -0.1) is 11.3 Å². The molecule has 0 aliphatic carbocycles. The first-order valence-electron chi connectivity index (χ1n) is 9.97. The SMILES string of the molecule is COc1cc(F)ccc1-c1ccc2c(c1COC(=O)c1cccs1)C(C)=CC(C)(C)N2. The highest BCUT2D eigenvalue weighted by molar-refractivity contribution is 7.11. The number of esters is 1. The van der Waals surface area contributed by atoms with Gasteiger partial charge in [0.25, 0.3) is 0 Å². The van der Waals surface area contributed by atoms with Gasteiger partial charge in [-0.2, -0.15) is 0 Å². The Morgan fingerprint density at radius 1 is 1.16 bits per heavy atom. The van der Waals surface area contributed by atoms with Crippen LogP contribution in [0, 0.1) is 5.82 Å². The summed E-state index contributed by atoms with van der Waals surface area (Å²) in [6, 6.07) is 12.0. The van der Waals surface area contributed by atoms with Gasteiger partial charge in [-0.1, -0.05) is 18.2 Å². The van der Waals surface area contributed by atoms with Crippen LogP contribution in [0.3, 0.4) is 0 Å². The number of benzene rings is 2. The Labute approximate surface area is 185 Å². The molecule has 3 aromatic rings. The summed E-state index contributed by atoms with van der Waals surface area (Å²) >= 11 is 1.34. The molecule has 4 rings (SSSR count). The van der Waals surface area contributed by atoms with Crippen molar-refractivity contribution < 1.29 is 18.7 Å². The van der Waals surface area contributed by atoms with Gasteiger partial charge >= 0.3 is 5.97 Å². The number of nitrogens with one attached hydrogen (secondary N) is 1. The summed E-state index contributed by atoms with van der Waals surface area (Å²) in [5.41, 5.74) is 5.28. The lowest BCUT2D eigenvalue weighted by Gasteiger charge is -2.33. The van der Waals surface area contributed by atoms with E-state index in [1.807, 2.05) is 23.6 Å². The molecule has 0 bridgehead atoms. The molecule has 0 unspecified atom stereocenters. The van der Waals surface area contributed by atoms with Gasteiger partial charge in [0.15, 0.2) is 0 Å². The summed E-state index contributed by atoms with van der Waals surface area (Å²) < 4.78 is 25.0. The number of fused-ring (bicyclic) bond motifs is 1. The van der Waals surface area contributed by atoms with Crippen molar-refractivity contribution in [1.82, 2.24) is 0 Å². The lowest BCUT2D eigenvalue weighted by molar-refractivity contribution is 0.0479. The second-order valence-electron chi connectivity index (χ2n) is 8.09. The van der Waals surface area contributed by atoms with Gasteiger partial charge in [-0.25, -0.2) is 9.18 Å². The van der Waals surface area contributed by atoms with Crippen LogP contribution in [0.4, 0.5) is 10.1 Å². The number of hydrogen-bond donors (Lipinski definition) is 1. The van der Waals surface area contributed by atoms with E-state index in [9.17, 15) is 9.18 Å². The van der Waals surface area contributed by atoms with Crippen LogP contribution in [0.15, 0.2) is 53.9 Å². The number of carbonyl (C=O) groups is 1. The summed E-state index contributed by atoms with van der Waals surface area (Å²) in [7, 11) is 1.52. The third kappa shape index (κ3) is 4.21. The molecule has 6 heteroatoms. The Kier molecular flexibility index (Phi) is 5.58. The van der Waals surface area contributed by atoms with Crippen molar-refractivity contribution >= 4 is 28.6 Å². The van der Waals surface area contributed by atoms with Crippen LogP contribution in [0.2, 0.25) is 0 Å². The fourth-order valence-corrected chi connectivity index (χ4v) is 4.71. The maximum absolute atomic E-state index is 13.8. The van der Waals surface area contributed by atoms with Crippen LogP contribution in [0.1, 0.15) is 41.6 Å². The maximum atomic E-state index is 13.8. The molecule has 1 aliphatic rings. The van der Waals surface area contributed by atoms with Crippen LogP contribution >= 0.6 is 11.3 Å². The standard InChI is InChI=1S/C25H24FNO3S/c1-15-13-25(2,3)27-20-10-9-17(18-8-7-16(26)12-21(18)29-4)19(23(15)20)14-30-24(28)22-6-5-11-31-22/h5-13,27H,14H2,1-4H3. The quantitative estimate of drug-likeness (QED) is 0.461. The van der Waals surface area contributed by atoms with Crippen LogP contribution < -0.4 is 10.1 Å². The molecule has 160 valence electrons. The predicted octanol–water partition coefficient (Wildman–Crippen LogP) is 6.53. The van der Waals surface area contributed by atoms with E-state index in [1.54, 1.807) is 12.1 Å². The van der Waals surface area contributed by atoms with E-state index in [4.69, 9.17) is 9.47 Å². The molecule has 0 fully saturated rings. The van der Waals surface area contributed by atoms with Crippen molar-refractivity contribution in [3.8, 4) is 16.9 Å². The summed E-state index contributed by atoms with van der Waals surface area (Å²) in [5, 5.41) is 5.37. The average Bonchev–Trinajstić information content (AvgIpc) is 3.25. The van der Waals surface area contributed by atoms with Crippen molar-refractivity contribution in [1.29, 1.82) is 0 Å². The highest BCUT2D eigenvalue weighted by Gasteiger charge is 2.27. The zero-order valence-corrected chi connectivity index (χ0v) is 18.7. The Bertz CT molecular complexity index is 1170. The lowest BCUT2D eigenvalue weighted by Crippen LogP contribution is -2.32. The van der Waals surface area contributed by atoms with Crippen molar-refractivity contribution in [3.63, 3.8) is 0 Å². The van der Waals surface area contributed by atoms with Crippen molar-refractivity contribution in [3.05, 3.63) is 75.7 Å². The van der Waals surface area contributed by atoms with Gasteiger partial charge in [-0.3, -0.25) is 0 Å². The van der Waals surface area contributed by atoms with Crippen LogP contribution in [-0.2, 0) is 11.3 Å². The van der Waals surface area contributed by atoms with E-state index in [0.717, 1.165) is 33.5 Å². The summed E-state index contributed by atoms with van der Waals surface area (Å²) in [5.74, 6) is -0.310. The Balaban J connectivity index is 1.84. The largest absolute Gasteiger partial charge is 0.496 e. The highest BCUT2D eigenvalue weighted by Crippen LogP contribution is 2.42. The van der Waals surface area contributed by atoms with E-state index >= 15 is 0 Å². The molecule has 1 N–H and O–H groups in total. The molecule has 0 saturated heterocycles. The van der Waals surface area contributed by atoms with Crippen LogP contribution in [-0.4, -0.2) is 18.6 Å². The number of ether oxygens (including phenoxy) is 2. The fourth-order valence-electron chi connectivity index (χ4n) is 4.09. The number of halogens is 1. The molecule has 31 heavy (non-hydrogen) atoms.